The van der Waals surface area contributed by atoms with Crippen molar-refractivity contribution in [1.29, 1.82) is 0 Å². The molecule has 0 fully saturated rings. The molecule has 0 saturated carbocycles. The minimum Gasteiger partial charge on any atom is -0.504 e. The fraction of sp³-hybridized carbons (Fsp3) is 0.500. The minimum absolute atomic E-state index is 0.0253. The van der Waals surface area contributed by atoms with Gasteiger partial charge >= 0.3 is 6.16 Å². The van der Waals surface area contributed by atoms with Gasteiger partial charge in [0, 0.05) is 5.56 Å². The maximum absolute atomic E-state index is 10.6. The molecule has 0 amide bonds. The Balaban J connectivity index is 3.24. The summed E-state index contributed by atoms with van der Waals surface area (Å²) >= 11 is 0. The lowest BCUT2D eigenvalue weighted by atomic mass is 9.96. The summed E-state index contributed by atoms with van der Waals surface area (Å²) in [6, 6.07) is 1.89. The van der Waals surface area contributed by atoms with Crippen LogP contribution in [-0.4, -0.2) is 16.4 Å². The van der Waals surface area contributed by atoms with Gasteiger partial charge in [-0.15, -0.1) is 0 Å². The van der Waals surface area contributed by atoms with Gasteiger partial charge in [-0.05, 0) is 37.3 Å². The number of hydrogen-bond donors (Lipinski definition) is 2. The Morgan fingerprint density at radius 1 is 1.39 bits per heavy atom. The van der Waals surface area contributed by atoms with Crippen LogP contribution < -0.4 is 4.74 Å². The standard InChI is InChI=1S/C14H20O4/c1-4-6-7-11-10(5-2)8-9(3)13(12(11)15)18-14(16)17/h8,15H,4-7H2,1-3H3,(H,16,17). The molecule has 0 radical (unpaired) electrons. The van der Waals surface area contributed by atoms with E-state index in [1.54, 1.807) is 6.92 Å². The summed E-state index contributed by atoms with van der Waals surface area (Å²) in [5.41, 5.74) is 2.50. The van der Waals surface area contributed by atoms with Gasteiger partial charge in [0.05, 0.1) is 0 Å². The average Bonchev–Trinajstić information content (AvgIpc) is 2.32. The second kappa shape index (κ2) is 6.28. The first-order valence-corrected chi connectivity index (χ1v) is 6.26. The van der Waals surface area contributed by atoms with Gasteiger partial charge in [0.25, 0.3) is 0 Å². The summed E-state index contributed by atoms with van der Waals surface area (Å²) in [7, 11) is 0. The van der Waals surface area contributed by atoms with Crippen molar-refractivity contribution in [3.05, 3.63) is 22.8 Å². The Morgan fingerprint density at radius 2 is 2.06 bits per heavy atom. The van der Waals surface area contributed by atoms with E-state index in [0.717, 1.165) is 36.8 Å². The highest BCUT2D eigenvalue weighted by molar-refractivity contribution is 5.66. The van der Waals surface area contributed by atoms with Crippen LogP contribution >= 0.6 is 0 Å². The Bertz CT molecular complexity index is 438. The maximum atomic E-state index is 10.6. The van der Waals surface area contributed by atoms with Gasteiger partial charge in [-0.1, -0.05) is 26.3 Å². The molecule has 2 N–H and O–H groups in total. The number of phenolic OH excluding ortho intramolecular Hbond substituents is 1. The van der Waals surface area contributed by atoms with E-state index < -0.39 is 6.16 Å². The molecule has 1 aromatic carbocycles. The maximum Gasteiger partial charge on any atom is 0.511 e. The third kappa shape index (κ3) is 3.15. The largest absolute Gasteiger partial charge is 0.511 e. The van der Waals surface area contributed by atoms with E-state index in [9.17, 15) is 9.90 Å². The number of aryl methyl sites for hydroxylation is 2. The molecule has 0 aliphatic carbocycles. The molecule has 100 valence electrons. The molecule has 0 heterocycles. The van der Waals surface area contributed by atoms with Gasteiger partial charge in [-0.2, -0.15) is 0 Å². The normalized spacial score (nSPS) is 10.4. The van der Waals surface area contributed by atoms with Crippen LogP contribution in [0, 0.1) is 6.92 Å². The summed E-state index contributed by atoms with van der Waals surface area (Å²) in [5.74, 6) is 0.0357. The molecule has 0 spiro atoms. The van der Waals surface area contributed by atoms with Crippen LogP contribution in [0.3, 0.4) is 0 Å². The zero-order chi connectivity index (χ0) is 13.7. The van der Waals surface area contributed by atoms with E-state index in [-0.39, 0.29) is 11.5 Å². The van der Waals surface area contributed by atoms with Crippen LogP contribution in [0.2, 0.25) is 0 Å². The first kappa shape index (κ1) is 14.4. The predicted molar refractivity (Wildman–Crippen MR) is 69.5 cm³/mol. The minimum atomic E-state index is -1.40. The molecule has 0 aliphatic rings. The van der Waals surface area contributed by atoms with Crippen LogP contribution in [0.15, 0.2) is 6.07 Å². The number of phenols is 1. The fourth-order valence-electron chi connectivity index (χ4n) is 2.05. The zero-order valence-corrected chi connectivity index (χ0v) is 11.1. The molecule has 0 aromatic heterocycles. The third-order valence-electron chi connectivity index (χ3n) is 2.99. The lowest BCUT2D eigenvalue weighted by molar-refractivity contribution is 0.142. The van der Waals surface area contributed by atoms with Crippen LogP contribution in [-0.2, 0) is 12.8 Å². The number of hydrogen-bond acceptors (Lipinski definition) is 3. The highest BCUT2D eigenvalue weighted by Gasteiger charge is 2.17. The van der Waals surface area contributed by atoms with Crippen molar-refractivity contribution in [2.24, 2.45) is 0 Å². The quantitative estimate of drug-likeness (QED) is 0.620. The van der Waals surface area contributed by atoms with Crippen LogP contribution in [0.4, 0.5) is 4.79 Å². The lowest BCUT2D eigenvalue weighted by Gasteiger charge is -2.15. The first-order valence-electron chi connectivity index (χ1n) is 6.26. The highest BCUT2D eigenvalue weighted by Crippen LogP contribution is 2.37. The van der Waals surface area contributed by atoms with E-state index in [1.807, 2.05) is 13.0 Å². The van der Waals surface area contributed by atoms with Crippen molar-refractivity contribution >= 4 is 6.16 Å². The molecule has 0 saturated heterocycles. The summed E-state index contributed by atoms with van der Waals surface area (Å²) in [6.07, 6.45) is 2.11. The van der Waals surface area contributed by atoms with Gasteiger partial charge in [0.1, 0.15) is 0 Å². The molecule has 0 aliphatic heterocycles. The Labute approximate surface area is 107 Å². The molecule has 1 rings (SSSR count). The predicted octanol–water partition coefficient (Wildman–Crippen LogP) is 3.66. The lowest BCUT2D eigenvalue weighted by Crippen LogP contribution is -2.07. The smallest absolute Gasteiger partial charge is 0.504 e. The molecular formula is C14H20O4. The van der Waals surface area contributed by atoms with Crippen molar-refractivity contribution < 1.29 is 19.7 Å². The van der Waals surface area contributed by atoms with Crippen molar-refractivity contribution in [3.63, 3.8) is 0 Å². The summed E-state index contributed by atoms with van der Waals surface area (Å²) in [6.45, 7) is 5.83. The van der Waals surface area contributed by atoms with E-state index >= 15 is 0 Å². The number of carbonyl (C=O) groups is 1. The number of carboxylic acid groups (broad SMARTS) is 1. The molecule has 4 nitrogen and oxygen atoms in total. The van der Waals surface area contributed by atoms with Crippen molar-refractivity contribution in [3.8, 4) is 11.5 Å². The second-order valence-electron chi connectivity index (χ2n) is 4.33. The molecule has 18 heavy (non-hydrogen) atoms. The fourth-order valence-corrected chi connectivity index (χ4v) is 2.05. The van der Waals surface area contributed by atoms with Crippen LogP contribution in [0.5, 0.6) is 11.5 Å². The first-order chi connectivity index (χ1) is 8.51. The van der Waals surface area contributed by atoms with E-state index in [2.05, 4.69) is 11.7 Å². The zero-order valence-electron chi connectivity index (χ0n) is 11.1. The van der Waals surface area contributed by atoms with E-state index in [0.29, 0.717) is 5.56 Å². The van der Waals surface area contributed by atoms with Crippen molar-refractivity contribution in [1.82, 2.24) is 0 Å². The molecular weight excluding hydrogens is 232 g/mol. The summed E-state index contributed by atoms with van der Waals surface area (Å²) in [4.78, 5) is 10.6. The molecule has 0 atom stereocenters. The van der Waals surface area contributed by atoms with Gasteiger partial charge in [-0.3, -0.25) is 0 Å². The van der Waals surface area contributed by atoms with Crippen molar-refractivity contribution in [2.75, 3.05) is 0 Å². The van der Waals surface area contributed by atoms with Crippen molar-refractivity contribution in [2.45, 2.75) is 46.5 Å². The van der Waals surface area contributed by atoms with E-state index in [4.69, 9.17) is 5.11 Å². The van der Waals surface area contributed by atoms with Gasteiger partial charge in [0.2, 0.25) is 0 Å². The summed E-state index contributed by atoms with van der Waals surface area (Å²) < 4.78 is 4.66. The van der Waals surface area contributed by atoms with Crippen LogP contribution in [0.25, 0.3) is 0 Å². The third-order valence-corrected chi connectivity index (χ3v) is 2.99. The number of ether oxygens (including phenoxy) is 1. The number of rotatable bonds is 5. The SMILES string of the molecule is CCCCc1c(CC)cc(C)c(OC(=O)O)c1O. The Hall–Kier alpha value is -1.71. The number of benzene rings is 1. The Morgan fingerprint density at radius 3 is 2.56 bits per heavy atom. The molecule has 0 bridgehead atoms. The molecule has 4 heteroatoms. The van der Waals surface area contributed by atoms with Gasteiger partial charge < -0.3 is 14.9 Å². The van der Waals surface area contributed by atoms with Crippen LogP contribution in [0.1, 0.15) is 43.4 Å². The second-order valence-corrected chi connectivity index (χ2v) is 4.33. The highest BCUT2D eigenvalue weighted by atomic mass is 16.7. The van der Waals surface area contributed by atoms with E-state index in [1.165, 1.54) is 0 Å². The number of aromatic hydroxyl groups is 1. The summed E-state index contributed by atoms with van der Waals surface area (Å²) in [5, 5.41) is 18.8. The molecule has 0 unspecified atom stereocenters. The molecule has 1 aromatic rings. The van der Waals surface area contributed by atoms with Gasteiger partial charge in [-0.25, -0.2) is 4.79 Å². The topological polar surface area (TPSA) is 66.8 Å². The average molecular weight is 252 g/mol. The monoisotopic (exact) mass is 252 g/mol. The van der Waals surface area contributed by atoms with Gasteiger partial charge in [0.15, 0.2) is 11.5 Å². The Kier molecular flexibility index (Phi) is 5.01. The number of unbranched alkanes of at least 4 members (excludes halogenated alkanes) is 1.